The highest BCUT2D eigenvalue weighted by Crippen LogP contribution is 2.70. The normalized spacial score (nSPS) is 43.4. The summed E-state index contributed by atoms with van der Waals surface area (Å²) in [5.41, 5.74) is 0.209. The van der Waals surface area contributed by atoms with E-state index in [0.717, 1.165) is 18.3 Å². The molecule has 1 aromatic rings. The van der Waals surface area contributed by atoms with E-state index in [0.29, 0.717) is 41.6 Å². The van der Waals surface area contributed by atoms with E-state index >= 15 is 0 Å². The lowest BCUT2D eigenvalue weighted by Gasteiger charge is -2.43. The Balaban J connectivity index is 1.33. The highest BCUT2D eigenvalue weighted by Gasteiger charge is 2.67. The molecule has 9 unspecified atom stereocenters. The smallest absolute Gasteiger partial charge is 0.265 e. The summed E-state index contributed by atoms with van der Waals surface area (Å²) in [6.07, 6.45) is 2.99. The van der Waals surface area contributed by atoms with Gasteiger partial charge >= 0.3 is 0 Å². The second-order valence-corrected chi connectivity index (χ2v) is 11.3. The molecule has 4 fully saturated rings. The Morgan fingerprint density at radius 2 is 1.71 bits per heavy atom. The van der Waals surface area contributed by atoms with Crippen LogP contribution in [0.5, 0.6) is 0 Å². The fourth-order valence-electron chi connectivity index (χ4n) is 7.54. The maximum Gasteiger partial charge on any atom is 0.274 e. The van der Waals surface area contributed by atoms with Gasteiger partial charge < -0.3 is 0 Å². The van der Waals surface area contributed by atoms with Gasteiger partial charge in [-0.3, -0.25) is 14.3 Å². The summed E-state index contributed by atoms with van der Waals surface area (Å²) in [6.45, 7) is 4.45. The van der Waals surface area contributed by atoms with E-state index in [1.54, 1.807) is 18.2 Å². The Morgan fingerprint density at radius 1 is 1.04 bits per heavy atom. The van der Waals surface area contributed by atoms with Gasteiger partial charge in [0.1, 0.15) is 0 Å². The van der Waals surface area contributed by atoms with Crippen LogP contribution in [0, 0.1) is 57.5 Å². The van der Waals surface area contributed by atoms with E-state index < -0.39 is 20.3 Å². The average Bonchev–Trinajstić information content (AvgIpc) is 3.40. The molecule has 0 radical (unpaired) electrons. The van der Waals surface area contributed by atoms with Crippen LogP contribution in [0.4, 0.5) is 5.69 Å². The van der Waals surface area contributed by atoms with Crippen molar-refractivity contribution in [3.8, 4) is 0 Å². The van der Waals surface area contributed by atoms with Crippen molar-refractivity contribution in [2.24, 2.45) is 47.3 Å². The van der Waals surface area contributed by atoms with Gasteiger partial charge in [0.25, 0.3) is 15.8 Å². The molecule has 0 amide bonds. The van der Waals surface area contributed by atoms with Crippen molar-refractivity contribution < 1.29 is 17.5 Å². The second-order valence-electron chi connectivity index (χ2n) is 9.51. The molecular weight excluding hydrogens is 378 g/mol. The highest BCUT2D eigenvalue weighted by molar-refractivity contribution is 7.87. The predicted molar refractivity (Wildman–Crippen MR) is 104 cm³/mol. The number of benzene rings is 1. The molecule has 4 aliphatic rings. The molecule has 4 aliphatic carbocycles. The molecule has 6 nitrogen and oxygen atoms in total. The van der Waals surface area contributed by atoms with Crippen molar-refractivity contribution in [3.63, 3.8) is 0 Å². The lowest BCUT2D eigenvalue weighted by Crippen LogP contribution is -2.43. The van der Waals surface area contributed by atoms with Gasteiger partial charge in [-0.25, -0.2) is 0 Å². The Labute approximate surface area is 165 Å². The quantitative estimate of drug-likeness (QED) is 0.320. The molecule has 152 valence electrons. The van der Waals surface area contributed by atoms with Gasteiger partial charge in [-0.05, 0) is 72.7 Å². The lowest BCUT2D eigenvalue weighted by molar-refractivity contribution is -0.385. The third-order valence-electron chi connectivity index (χ3n) is 8.72. The SMILES string of the molecule is CC1C(C)C2CC1C1C3CC(C21)C(S(=O)(=O)OCc1ccccc1[N+](=O)[O-])C3. The summed E-state index contributed by atoms with van der Waals surface area (Å²) < 4.78 is 31.4. The van der Waals surface area contributed by atoms with Crippen molar-refractivity contribution in [2.45, 2.75) is 45.0 Å². The van der Waals surface area contributed by atoms with Crippen LogP contribution in [0.1, 0.15) is 38.7 Å². The first-order valence-corrected chi connectivity index (χ1v) is 11.9. The largest absolute Gasteiger partial charge is 0.274 e. The van der Waals surface area contributed by atoms with Crippen LogP contribution in [0.15, 0.2) is 24.3 Å². The van der Waals surface area contributed by atoms with Gasteiger partial charge in [-0.15, -0.1) is 0 Å². The summed E-state index contributed by atoms with van der Waals surface area (Å²) in [5.74, 6) is 4.83. The standard InChI is InChI=1S/C21H27NO5S/c1-11-12(2)16-9-15(11)20-14-7-17(21(16)20)19(8-14)28(25,26)27-10-13-5-3-4-6-18(13)22(23)24/h3-6,11-12,14-17,19-21H,7-10H2,1-2H3. The van der Waals surface area contributed by atoms with Crippen LogP contribution in [0.2, 0.25) is 0 Å². The van der Waals surface area contributed by atoms with Crippen LogP contribution in [0.3, 0.4) is 0 Å². The van der Waals surface area contributed by atoms with E-state index in [2.05, 4.69) is 13.8 Å². The van der Waals surface area contributed by atoms with Crippen LogP contribution < -0.4 is 0 Å². The van der Waals surface area contributed by atoms with Crippen molar-refractivity contribution in [2.75, 3.05) is 0 Å². The van der Waals surface area contributed by atoms with Gasteiger partial charge in [0, 0.05) is 6.07 Å². The molecule has 0 saturated heterocycles. The molecule has 0 spiro atoms. The van der Waals surface area contributed by atoms with Gasteiger partial charge in [0.05, 0.1) is 22.3 Å². The topological polar surface area (TPSA) is 86.5 Å². The van der Waals surface area contributed by atoms with Crippen molar-refractivity contribution >= 4 is 15.8 Å². The minimum Gasteiger partial charge on any atom is -0.265 e. The van der Waals surface area contributed by atoms with E-state index in [4.69, 9.17) is 4.18 Å². The van der Waals surface area contributed by atoms with Crippen molar-refractivity contribution in [1.29, 1.82) is 0 Å². The van der Waals surface area contributed by atoms with E-state index in [1.807, 2.05) is 0 Å². The number of hydrogen-bond donors (Lipinski definition) is 0. The van der Waals surface area contributed by atoms with Crippen molar-refractivity contribution in [1.82, 2.24) is 0 Å². The summed E-state index contributed by atoms with van der Waals surface area (Å²) >= 11 is 0. The molecule has 4 saturated carbocycles. The molecule has 0 heterocycles. The van der Waals surface area contributed by atoms with Gasteiger partial charge in [0.2, 0.25) is 0 Å². The Morgan fingerprint density at radius 3 is 2.43 bits per heavy atom. The van der Waals surface area contributed by atoms with Gasteiger partial charge in [-0.2, -0.15) is 8.42 Å². The average molecular weight is 406 g/mol. The van der Waals surface area contributed by atoms with E-state index in [1.165, 1.54) is 12.5 Å². The number of rotatable bonds is 5. The minimum absolute atomic E-state index is 0.0957. The third-order valence-corrected chi connectivity index (χ3v) is 10.5. The lowest BCUT2D eigenvalue weighted by atomic mass is 9.64. The molecule has 5 rings (SSSR count). The maximum atomic E-state index is 13.0. The number of nitro groups is 1. The fourth-order valence-corrected chi connectivity index (χ4v) is 9.21. The first-order chi connectivity index (χ1) is 13.3. The van der Waals surface area contributed by atoms with Crippen LogP contribution in [-0.2, 0) is 20.9 Å². The van der Waals surface area contributed by atoms with E-state index in [-0.39, 0.29) is 18.2 Å². The second kappa shape index (κ2) is 6.26. The van der Waals surface area contributed by atoms with Crippen LogP contribution in [0.25, 0.3) is 0 Å². The molecule has 9 atom stereocenters. The Kier molecular flexibility index (Phi) is 4.15. The molecule has 28 heavy (non-hydrogen) atoms. The van der Waals surface area contributed by atoms with Gasteiger partial charge in [-0.1, -0.05) is 26.0 Å². The first-order valence-electron chi connectivity index (χ1n) is 10.4. The zero-order valence-corrected chi connectivity index (χ0v) is 17.0. The molecule has 0 N–H and O–H groups in total. The van der Waals surface area contributed by atoms with E-state index in [9.17, 15) is 18.5 Å². The van der Waals surface area contributed by atoms with Crippen LogP contribution >= 0.6 is 0 Å². The summed E-state index contributed by atoms with van der Waals surface area (Å²) in [4.78, 5) is 10.7. The highest BCUT2D eigenvalue weighted by atomic mass is 32.2. The molecule has 4 bridgehead atoms. The zero-order chi connectivity index (χ0) is 19.8. The van der Waals surface area contributed by atoms with Crippen LogP contribution in [-0.4, -0.2) is 18.6 Å². The number of nitrogens with zero attached hydrogens (tertiary/aromatic N) is 1. The number of fused-ring (bicyclic) bond motifs is 9. The monoisotopic (exact) mass is 405 g/mol. The van der Waals surface area contributed by atoms with Crippen molar-refractivity contribution in [3.05, 3.63) is 39.9 Å². The predicted octanol–water partition coefficient (Wildman–Crippen LogP) is 4.00. The summed E-state index contributed by atoms with van der Waals surface area (Å²) in [7, 11) is -3.74. The summed E-state index contributed by atoms with van der Waals surface area (Å²) in [6, 6.07) is 6.18. The molecule has 7 heteroatoms. The number of hydrogen-bond acceptors (Lipinski definition) is 5. The minimum atomic E-state index is -3.74. The third kappa shape index (κ3) is 2.51. The number of nitro benzene ring substituents is 1. The van der Waals surface area contributed by atoms with Gasteiger partial charge in [0.15, 0.2) is 0 Å². The molecule has 0 aromatic heterocycles. The fraction of sp³-hybridized carbons (Fsp3) is 0.714. The number of para-hydroxylation sites is 1. The molecule has 1 aromatic carbocycles. The molecule has 0 aliphatic heterocycles. The Hall–Kier alpha value is -1.47. The first kappa shape index (κ1) is 18.6. The maximum absolute atomic E-state index is 13.0. The molecular formula is C21H27NO5S. The summed E-state index contributed by atoms with van der Waals surface area (Å²) in [5, 5.41) is 10.7. The Bertz CT molecular complexity index is 915. The zero-order valence-electron chi connectivity index (χ0n) is 16.2.